The molecular weight excluding hydrogens is 335 g/mol. The summed E-state index contributed by atoms with van der Waals surface area (Å²) < 4.78 is 1.68. The first-order valence-electron chi connectivity index (χ1n) is 7.37. The smallest absolute Gasteiger partial charge is 0.231 e. The molecule has 0 spiro atoms. The summed E-state index contributed by atoms with van der Waals surface area (Å²) in [6.45, 7) is 4.28. The van der Waals surface area contributed by atoms with Gasteiger partial charge in [-0.05, 0) is 37.1 Å². The van der Waals surface area contributed by atoms with Crippen LogP contribution in [0.5, 0.6) is 0 Å². The van der Waals surface area contributed by atoms with Crippen molar-refractivity contribution in [2.45, 2.75) is 26.7 Å². The molecule has 1 aromatic carbocycles. The highest BCUT2D eigenvalue weighted by Crippen LogP contribution is 2.29. The Bertz CT molecular complexity index is 631. The van der Waals surface area contributed by atoms with Crippen molar-refractivity contribution in [1.82, 2.24) is 9.78 Å². The van der Waals surface area contributed by atoms with E-state index in [1.165, 1.54) is 0 Å². The van der Waals surface area contributed by atoms with E-state index < -0.39 is 5.41 Å². The van der Waals surface area contributed by atoms with Gasteiger partial charge in [0.05, 0.1) is 16.1 Å². The summed E-state index contributed by atoms with van der Waals surface area (Å²) in [6, 6.07) is 7.19. The highest BCUT2D eigenvalue weighted by molar-refractivity contribution is 6.32. The zero-order chi connectivity index (χ0) is 16.2. The number of hydrogen-bond acceptors (Lipinski definition) is 3. The number of carbonyl (C=O) groups is 1. The molecule has 0 aliphatic rings. The molecule has 0 aliphatic carbocycles. The third-order valence-electron chi connectivity index (χ3n) is 4.18. The Morgan fingerprint density at radius 2 is 2.09 bits per heavy atom. The predicted molar refractivity (Wildman–Crippen MR) is 96.5 cm³/mol. The molecule has 0 saturated carbocycles. The van der Waals surface area contributed by atoms with E-state index in [0.717, 1.165) is 5.69 Å². The summed E-state index contributed by atoms with van der Waals surface area (Å²) in [4.78, 5) is 12.5. The van der Waals surface area contributed by atoms with E-state index in [0.29, 0.717) is 30.1 Å². The predicted octanol–water partition coefficient (Wildman–Crippen LogP) is 3.65. The number of amides is 1. The molecule has 3 N–H and O–H groups in total. The summed E-state index contributed by atoms with van der Waals surface area (Å²) in [6.07, 6.45) is 4.90. The second-order valence-corrected chi connectivity index (χ2v) is 5.67. The van der Waals surface area contributed by atoms with Gasteiger partial charge in [-0.1, -0.05) is 25.4 Å². The first-order valence-corrected chi connectivity index (χ1v) is 7.75. The van der Waals surface area contributed by atoms with Crippen LogP contribution < -0.4 is 11.1 Å². The SMILES string of the molecule is CCC(CC)(CN)C(=O)Nc1ccc(-n2cccn2)c(Cl)c1.Cl. The van der Waals surface area contributed by atoms with Crippen LogP contribution in [0.15, 0.2) is 36.7 Å². The van der Waals surface area contributed by atoms with Crippen LogP contribution in [0, 0.1) is 5.41 Å². The normalized spacial score (nSPS) is 11.0. The summed E-state index contributed by atoms with van der Waals surface area (Å²) in [7, 11) is 0. The number of rotatable bonds is 6. The second-order valence-electron chi connectivity index (χ2n) is 5.26. The molecule has 0 fully saturated rings. The van der Waals surface area contributed by atoms with Crippen LogP contribution in [0.3, 0.4) is 0 Å². The summed E-state index contributed by atoms with van der Waals surface area (Å²) >= 11 is 6.28. The maximum absolute atomic E-state index is 12.5. The molecule has 1 amide bonds. The van der Waals surface area contributed by atoms with Gasteiger partial charge in [0.15, 0.2) is 0 Å². The number of carbonyl (C=O) groups excluding carboxylic acids is 1. The topological polar surface area (TPSA) is 72.9 Å². The van der Waals surface area contributed by atoms with Crippen molar-refractivity contribution in [1.29, 1.82) is 0 Å². The number of anilines is 1. The fraction of sp³-hybridized carbons (Fsp3) is 0.375. The minimum absolute atomic E-state index is 0. The molecule has 1 heterocycles. The molecule has 126 valence electrons. The van der Waals surface area contributed by atoms with Gasteiger partial charge in [-0.3, -0.25) is 4.79 Å². The average molecular weight is 357 g/mol. The number of halogens is 2. The quantitative estimate of drug-likeness (QED) is 0.829. The zero-order valence-corrected chi connectivity index (χ0v) is 14.8. The third-order valence-corrected chi connectivity index (χ3v) is 4.49. The Labute approximate surface area is 147 Å². The van der Waals surface area contributed by atoms with Crippen LogP contribution in [0.25, 0.3) is 5.69 Å². The highest BCUT2D eigenvalue weighted by atomic mass is 35.5. The Morgan fingerprint density at radius 3 is 2.57 bits per heavy atom. The molecule has 0 radical (unpaired) electrons. The maximum atomic E-state index is 12.5. The van der Waals surface area contributed by atoms with E-state index >= 15 is 0 Å². The lowest BCUT2D eigenvalue weighted by atomic mass is 9.81. The Hall–Kier alpha value is -1.56. The number of nitrogens with two attached hydrogens (primary N) is 1. The standard InChI is InChI=1S/C16H21ClN4O.ClH/c1-3-16(4-2,11-18)15(22)20-12-6-7-14(13(17)10-12)21-9-5-8-19-21;/h5-10H,3-4,11,18H2,1-2H3,(H,20,22);1H. The first kappa shape index (κ1) is 19.5. The van der Waals surface area contributed by atoms with Crippen molar-refractivity contribution in [2.24, 2.45) is 11.1 Å². The lowest BCUT2D eigenvalue weighted by Crippen LogP contribution is -2.41. The minimum Gasteiger partial charge on any atom is -0.329 e. The van der Waals surface area contributed by atoms with Crippen molar-refractivity contribution in [3.8, 4) is 5.69 Å². The number of benzene rings is 1. The van der Waals surface area contributed by atoms with E-state index in [-0.39, 0.29) is 18.3 Å². The molecule has 0 aliphatic heterocycles. The number of aromatic nitrogens is 2. The van der Waals surface area contributed by atoms with E-state index in [1.54, 1.807) is 16.9 Å². The van der Waals surface area contributed by atoms with Gasteiger partial charge in [0.25, 0.3) is 0 Å². The van der Waals surface area contributed by atoms with Gasteiger partial charge in [-0.25, -0.2) is 4.68 Å². The molecule has 0 bridgehead atoms. The summed E-state index contributed by atoms with van der Waals surface area (Å²) in [5.74, 6) is -0.0668. The van der Waals surface area contributed by atoms with Gasteiger partial charge in [-0.2, -0.15) is 5.10 Å². The van der Waals surface area contributed by atoms with E-state index in [1.807, 2.05) is 38.2 Å². The fourth-order valence-electron chi connectivity index (χ4n) is 2.40. The Morgan fingerprint density at radius 1 is 1.39 bits per heavy atom. The number of hydrogen-bond donors (Lipinski definition) is 2. The van der Waals surface area contributed by atoms with Gasteiger partial charge >= 0.3 is 0 Å². The van der Waals surface area contributed by atoms with Crippen LogP contribution in [0.1, 0.15) is 26.7 Å². The van der Waals surface area contributed by atoms with Gasteiger partial charge in [0.1, 0.15) is 0 Å². The van der Waals surface area contributed by atoms with Crippen molar-refractivity contribution in [2.75, 3.05) is 11.9 Å². The highest BCUT2D eigenvalue weighted by Gasteiger charge is 2.33. The first-order chi connectivity index (χ1) is 10.6. The van der Waals surface area contributed by atoms with Gasteiger partial charge in [0, 0.05) is 24.6 Å². The third kappa shape index (κ3) is 4.05. The second kappa shape index (κ2) is 8.34. The van der Waals surface area contributed by atoms with Gasteiger partial charge in [0.2, 0.25) is 5.91 Å². The number of nitrogens with zero attached hydrogens (tertiary/aromatic N) is 2. The summed E-state index contributed by atoms with van der Waals surface area (Å²) in [5, 5.41) is 7.58. The molecule has 2 aromatic rings. The molecule has 5 nitrogen and oxygen atoms in total. The molecule has 0 saturated heterocycles. The summed E-state index contributed by atoms with van der Waals surface area (Å²) in [5.41, 5.74) is 6.69. The van der Waals surface area contributed by atoms with Crippen LogP contribution in [-0.2, 0) is 4.79 Å². The fourth-order valence-corrected chi connectivity index (χ4v) is 2.67. The molecule has 0 atom stereocenters. The molecule has 23 heavy (non-hydrogen) atoms. The Balaban J connectivity index is 0.00000264. The van der Waals surface area contributed by atoms with Crippen LogP contribution in [0.2, 0.25) is 5.02 Å². The van der Waals surface area contributed by atoms with Crippen molar-refractivity contribution in [3.05, 3.63) is 41.7 Å². The van der Waals surface area contributed by atoms with E-state index in [9.17, 15) is 4.79 Å². The van der Waals surface area contributed by atoms with Crippen molar-refractivity contribution in [3.63, 3.8) is 0 Å². The van der Waals surface area contributed by atoms with Crippen molar-refractivity contribution >= 4 is 35.6 Å². The maximum Gasteiger partial charge on any atom is 0.231 e. The van der Waals surface area contributed by atoms with E-state index in [2.05, 4.69) is 10.4 Å². The minimum atomic E-state index is -0.535. The largest absolute Gasteiger partial charge is 0.329 e. The van der Waals surface area contributed by atoms with Crippen LogP contribution >= 0.6 is 24.0 Å². The van der Waals surface area contributed by atoms with Crippen LogP contribution in [0.4, 0.5) is 5.69 Å². The van der Waals surface area contributed by atoms with E-state index in [4.69, 9.17) is 17.3 Å². The van der Waals surface area contributed by atoms with Gasteiger partial charge < -0.3 is 11.1 Å². The lowest BCUT2D eigenvalue weighted by Gasteiger charge is -2.28. The molecule has 0 unspecified atom stereocenters. The molecule has 1 aromatic heterocycles. The number of nitrogens with one attached hydrogen (secondary N) is 1. The Kier molecular flexibility index (Phi) is 7.06. The molecular formula is C16H22Cl2N4O. The monoisotopic (exact) mass is 356 g/mol. The lowest BCUT2D eigenvalue weighted by molar-refractivity contribution is -0.125. The molecule has 2 rings (SSSR count). The average Bonchev–Trinajstić information content (AvgIpc) is 3.04. The van der Waals surface area contributed by atoms with Crippen molar-refractivity contribution < 1.29 is 4.79 Å². The van der Waals surface area contributed by atoms with Crippen LogP contribution in [-0.4, -0.2) is 22.2 Å². The van der Waals surface area contributed by atoms with Gasteiger partial charge in [-0.15, -0.1) is 12.4 Å². The molecule has 7 heteroatoms. The zero-order valence-electron chi connectivity index (χ0n) is 13.3.